The zero-order valence-corrected chi connectivity index (χ0v) is 10.7. The summed E-state index contributed by atoms with van der Waals surface area (Å²) in [6.07, 6.45) is 13.4. The third-order valence-electron chi connectivity index (χ3n) is 0.583. The van der Waals surface area contributed by atoms with E-state index < -0.39 is 20.4 Å². The summed E-state index contributed by atoms with van der Waals surface area (Å²) in [5.74, 6) is 0. The molecule has 72 valence electrons. The first-order valence-electron chi connectivity index (χ1n) is 3.27. The highest BCUT2D eigenvalue weighted by Gasteiger charge is 2.05. The van der Waals surface area contributed by atoms with Crippen molar-refractivity contribution in [2.75, 3.05) is 37.5 Å². The summed E-state index contributed by atoms with van der Waals surface area (Å²) in [7, 11) is -1.17. The van der Waals surface area contributed by atoms with Crippen molar-refractivity contribution >= 4 is 32.6 Å². The van der Waals surface area contributed by atoms with Crippen molar-refractivity contribution < 1.29 is 0 Å². The fourth-order valence-corrected chi connectivity index (χ4v) is 2.71. The summed E-state index contributed by atoms with van der Waals surface area (Å²) >= 11 is 1.64. The van der Waals surface area contributed by atoms with Gasteiger partial charge in [0.05, 0.1) is 0 Å². The Morgan fingerprint density at radius 2 is 1.00 bits per heavy atom. The first-order valence-corrected chi connectivity index (χ1v) is 9.80. The maximum absolute atomic E-state index is 3.39. The molecule has 0 heterocycles. The monoisotopic (exact) mass is 216 g/mol. The van der Waals surface area contributed by atoms with Crippen molar-refractivity contribution in [3.8, 4) is 0 Å². The molecule has 0 atom stereocenters. The minimum absolute atomic E-state index is 0.583. The molecular weight excluding hydrogens is 196 g/mol. The van der Waals surface area contributed by atoms with Gasteiger partial charge in [0.15, 0.2) is 0 Å². The molecule has 0 rings (SSSR count). The second-order valence-electron chi connectivity index (χ2n) is 3.94. The van der Waals surface area contributed by atoms with Crippen molar-refractivity contribution in [3.05, 3.63) is 0 Å². The molecule has 5 heteroatoms. The van der Waals surface area contributed by atoms with Gasteiger partial charge in [-0.3, -0.25) is 0 Å². The minimum atomic E-state index is -0.583. The summed E-state index contributed by atoms with van der Waals surface area (Å²) in [6.45, 7) is 0. The molecule has 0 radical (unpaired) electrons. The molecule has 11 heavy (non-hydrogen) atoms. The summed E-state index contributed by atoms with van der Waals surface area (Å²) in [6, 6.07) is 0. The lowest BCUT2D eigenvalue weighted by Gasteiger charge is -2.31. The average molecular weight is 216 g/mol. The lowest BCUT2D eigenvalue weighted by Crippen LogP contribution is -2.18. The molecule has 2 N–H and O–H groups in total. The highest BCUT2D eigenvalue weighted by molar-refractivity contribution is 8.40. The molecule has 0 spiro atoms. The Morgan fingerprint density at radius 1 is 0.727 bits per heavy atom. The Kier molecular flexibility index (Phi) is 4.65. The number of nitrogens with one attached hydrogen (secondary N) is 2. The predicted molar refractivity (Wildman–Crippen MR) is 64.6 cm³/mol. The van der Waals surface area contributed by atoms with Gasteiger partial charge in [0.25, 0.3) is 0 Å². The van der Waals surface area contributed by atoms with E-state index in [4.69, 9.17) is 0 Å². The van der Waals surface area contributed by atoms with E-state index in [2.05, 4.69) is 45.8 Å². The van der Waals surface area contributed by atoms with Gasteiger partial charge in [-0.1, -0.05) is 0 Å². The Hall–Kier alpha value is 0.970. The highest BCUT2D eigenvalue weighted by Crippen LogP contribution is 2.36. The summed E-state index contributed by atoms with van der Waals surface area (Å²) in [5.41, 5.74) is 0. The first kappa shape index (κ1) is 12.0. The van der Waals surface area contributed by atoms with Gasteiger partial charge in [0.2, 0.25) is 0 Å². The van der Waals surface area contributed by atoms with Crippen LogP contribution in [0.2, 0.25) is 0 Å². The van der Waals surface area contributed by atoms with Crippen LogP contribution in [0.25, 0.3) is 0 Å². The van der Waals surface area contributed by atoms with E-state index in [1.807, 2.05) is 0 Å². The largest absolute Gasteiger partial charge is 0.213 e. The normalized spacial score (nSPS) is 16.5. The van der Waals surface area contributed by atoms with Crippen molar-refractivity contribution in [1.29, 1.82) is 0 Å². The predicted octanol–water partition coefficient (Wildman–Crippen LogP) is 1.95. The lowest BCUT2D eigenvalue weighted by molar-refractivity contribution is 1.56. The molecule has 0 unspecified atom stereocenters. The van der Waals surface area contributed by atoms with Crippen LogP contribution in [-0.4, -0.2) is 37.5 Å². The van der Waals surface area contributed by atoms with Crippen molar-refractivity contribution in [3.63, 3.8) is 0 Å². The van der Waals surface area contributed by atoms with Crippen LogP contribution in [-0.2, 0) is 0 Å². The van der Waals surface area contributed by atoms with Crippen molar-refractivity contribution in [1.82, 2.24) is 8.25 Å². The maximum atomic E-state index is 3.39. The number of hydrogen-bond donors (Lipinski definition) is 2. The van der Waals surface area contributed by atoms with Crippen LogP contribution in [0.3, 0.4) is 0 Å². The summed E-state index contributed by atoms with van der Waals surface area (Å²) in [4.78, 5) is 0. The van der Waals surface area contributed by atoms with Gasteiger partial charge < -0.3 is 0 Å². The number of hydrogen-bond acceptors (Lipinski definition) is 3. The van der Waals surface area contributed by atoms with Crippen LogP contribution < -0.4 is 8.25 Å². The van der Waals surface area contributed by atoms with Crippen LogP contribution in [0, 0.1) is 0 Å². The van der Waals surface area contributed by atoms with E-state index in [1.54, 1.807) is 12.1 Å². The molecular formula is C6H20N2S3. The number of rotatable bonds is 4. The van der Waals surface area contributed by atoms with Crippen molar-refractivity contribution in [2.24, 2.45) is 0 Å². The molecule has 2 nitrogen and oxygen atoms in total. The zero-order chi connectivity index (χ0) is 9.12. The molecule has 0 saturated heterocycles. The smallest absolute Gasteiger partial charge is 0.0220 e. The Labute approximate surface area is 78.4 Å². The van der Waals surface area contributed by atoms with Gasteiger partial charge in [-0.2, -0.15) is 20.4 Å². The molecule has 0 saturated carbocycles. The fourth-order valence-electron chi connectivity index (χ4n) is 0.267. The van der Waals surface area contributed by atoms with Crippen LogP contribution in [0.4, 0.5) is 0 Å². The van der Waals surface area contributed by atoms with E-state index in [0.29, 0.717) is 0 Å². The minimum Gasteiger partial charge on any atom is -0.213 e. The van der Waals surface area contributed by atoms with Gasteiger partial charge in [0, 0.05) is 12.1 Å². The first-order chi connectivity index (χ1) is 4.71. The molecule has 0 bridgehead atoms. The zero-order valence-electron chi connectivity index (χ0n) is 8.22. The van der Waals surface area contributed by atoms with Crippen LogP contribution in [0.5, 0.6) is 0 Å². The van der Waals surface area contributed by atoms with E-state index >= 15 is 0 Å². The quantitative estimate of drug-likeness (QED) is 0.703. The molecule has 0 aliphatic rings. The summed E-state index contributed by atoms with van der Waals surface area (Å²) < 4.78 is 6.78. The Morgan fingerprint density at radius 3 is 1.18 bits per heavy atom. The van der Waals surface area contributed by atoms with E-state index in [9.17, 15) is 0 Å². The van der Waals surface area contributed by atoms with Crippen molar-refractivity contribution in [2.45, 2.75) is 0 Å². The van der Waals surface area contributed by atoms with Gasteiger partial charge >= 0.3 is 0 Å². The summed E-state index contributed by atoms with van der Waals surface area (Å²) in [5, 5.41) is 0. The Balaban J connectivity index is 3.44. The van der Waals surface area contributed by atoms with Crippen LogP contribution >= 0.6 is 32.6 Å². The highest BCUT2D eigenvalue weighted by atomic mass is 32.3. The SMILES string of the molecule is CS(C)(C)NSNS(C)(C)C. The average Bonchev–Trinajstić information content (AvgIpc) is 1.55. The third-order valence-corrected chi connectivity index (χ3v) is 5.25. The van der Waals surface area contributed by atoms with Crippen LogP contribution in [0.1, 0.15) is 0 Å². The maximum Gasteiger partial charge on any atom is 0.0220 e. The third kappa shape index (κ3) is 11.0. The topological polar surface area (TPSA) is 24.1 Å². The second-order valence-corrected chi connectivity index (χ2v) is 12.8. The molecule has 0 aromatic carbocycles. The van der Waals surface area contributed by atoms with E-state index in [1.165, 1.54) is 0 Å². The van der Waals surface area contributed by atoms with E-state index in [0.717, 1.165) is 0 Å². The van der Waals surface area contributed by atoms with Gasteiger partial charge in [0.1, 0.15) is 0 Å². The molecule has 0 aliphatic carbocycles. The van der Waals surface area contributed by atoms with Gasteiger partial charge in [-0.15, -0.1) is 0 Å². The molecule has 0 aromatic heterocycles. The molecule has 0 aromatic rings. The van der Waals surface area contributed by atoms with Gasteiger partial charge in [-0.25, -0.2) is 8.25 Å². The standard InChI is InChI=1S/C6H20N2S3/c1-10(2,3)7-9-8-11(4,5)6/h7-8H,1-6H3. The molecule has 0 amide bonds. The second kappa shape index (κ2) is 4.28. The lowest BCUT2D eigenvalue weighted by atomic mass is 11.9. The fraction of sp³-hybridized carbons (Fsp3) is 1.00. The molecule has 0 aliphatic heterocycles. The molecule has 0 fully saturated rings. The van der Waals surface area contributed by atoms with E-state index in [-0.39, 0.29) is 0 Å². The Bertz CT molecular complexity index is 100.0. The van der Waals surface area contributed by atoms with Crippen LogP contribution in [0.15, 0.2) is 0 Å². The van der Waals surface area contributed by atoms with Gasteiger partial charge in [-0.05, 0) is 37.5 Å².